The minimum atomic E-state index is -0.191. The molecule has 0 atom stereocenters. The molecule has 3 nitrogen and oxygen atoms in total. The Balaban J connectivity index is 1.84. The SMILES string of the molecule is Cc1nsc(NCCc2cccc(F)c2)n1. The first-order valence-electron chi connectivity index (χ1n) is 5.02. The fraction of sp³-hybridized carbons (Fsp3) is 0.273. The molecule has 0 saturated carbocycles. The van der Waals surface area contributed by atoms with Crippen LogP contribution in [0.3, 0.4) is 0 Å². The number of benzene rings is 1. The van der Waals surface area contributed by atoms with Crippen LogP contribution >= 0.6 is 11.5 Å². The number of hydrogen-bond acceptors (Lipinski definition) is 4. The average molecular weight is 237 g/mol. The molecular formula is C11H12FN3S. The van der Waals surface area contributed by atoms with E-state index >= 15 is 0 Å². The van der Waals surface area contributed by atoms with Gasteiger partial charge in [-0.3, -0.25) is 0 Å². The molecular weight excluding hydrogens is 225 g/mol. The summed E-state index contributed by atoms with van der Waals surface area (Å²) in [5, 5.41) is 3.97. The first kappa shape index (κ1) is 11.0. The van der Waals surface area contributed by atoms with E-state index in [0.29, 0.717) is 0 Å². The van der Waals surface area contributed by atoms with Crippen LogP contribution in [-0.2, 0) is 6.42 Å². The van der Waals surface area contributed by atoms with Crippen molar-refractivity contribution < 1.29 is 4.39 Å². The lowest BCUT2D eigenvalue weighted by Crippen LogP contribution is -2.04. The number of aryl methyl sites for hydroxylation is 1. The summed E-state index contributed by atoms with van der Waals surface area (Å²) in [4.78, 5) is 4.18. The van der Waals surface area contributed by atoms with E-state index in [1.165, 1.54) is 17.6 Å². The molecule has 0 spiro atoms. The van der Waals surface area contributed by atoms with Crippen LogP contribution in [0.25, 0.3) is 0 Å². The van der Waals surface area contributed by atoms with Crippen LogP contribution in [-0.4, -0.2) is 15.9 Å². The van der Waals surface area contributed by atoms with Gasteiger partial charge in [0.25, 0.3) is 0 Å². The van der Waals surface area contributed by atoms with Gasteiger partial charge in [0.2, 0.25) is 5.13 Å². The van der Waals surface area contributed by atoms with E-state index < -0.39 is 0 Å². The zero-order valence-electron chi connectivity index (χ0n) is 8.90. The van der Waals surface area contributed by atoms with E-state index in [2.05, 4.69) is 14.7 Å². The standard InChI is InChI=1S/C11H12FN3S/c1-8-14-11(16-15-8)13-6-5-9-3-2-4-10(12)7-9/h2-4,7H,5-6H2,1H3,(H,13,14,15). The average Bonchev–Trinajstić information content (AvgIpc) is 2.64. The molecule has 0 aliphatic heterocycles. The summed E-state index contributed by atoms with van der Waals surface area (Å²) in [7, 11) is 0. The molecule has 0 radical (unpaired) electrons. The number of anilines is 1. The predicted molar refractivity (Wildman–Crippen MR) is 63.2 cm³/mol. The van der Waals surface area contributed by atoms with Crippen molar-refractivity contribution >= 4 is 16.7 Å². The normalized spacial score (nSPS) is 10.4. The highest BCUT2D eigenvalue weighted by Crippen LogP contribution is 2.10. The third-order valence-corrected chi connectivity index (χ3v) is 2.87. The monoisotopic (exact) mass is 237 g/mol. The zero-order chi connectivity index (χ0) is 11.4. The minimum Gasteiger partial charge on any atom is -0.360 e. The zero-order valence-corrected chi connectivity index (χ0v) is 9.72. The molecule has 0 bridgehead atoms. The van der Waals surface area contributed by atoms with Gasteiger partial charge >= 0.3 is 0 Å². The topological polar surface area (TPSA) is 37.8 Å². The molecule has 1 N–H and O–H groups in total. The van der Waals surface area contributed by atoms with Gasteiger partial charge in [0.05, 0.1) is 0 Å². The second kappa shape index (κ2) is 5.03. The molecule has 16 heavy (non-hydrogen) atoms. The minimum absolute atomic E-state index is 0.191. The maximum absolute atomic E-state index is 12.9. The lowest BCUT2D eigenvalue weighted by atomic mass is 10.1. The van der Waals surface area contributed by atoms with Crippen LogP contribution in [0.15, 0.2) is 24.3 Å². The number of halogens is 1. The number of nitrogens with one attached hydrogen (secondary N) is 1. The lowest BCUT2D eigenvalue weighted by Gasteiger charge is -2.02. The summed E-state index contributed by atoms with van der Waals surface area (Å²) in [5.74, 6) is 0.586. The molecule has 2 aromatic rings. The molecule has 0 amide bonds. The van der Waals surface area contributed by atoms with Gasteiger partial charge in [-0.05, 0) is 31.0 Å². The van der Waals surface area contributed by atoms with Crippen LogP contribution in [0.4, 0.5) is 9.52 Å². The fourth-order valence-corrected chi connectivity index (χ4v) is 1.97. The Morgan fingerprint density at radius 1 is 1.44 bits per heavy atom. The van der Waals surface area contributed by atoms with Crippen molar-refractivity contribution in [1.82, 2.24) is 9.36 Å². The molecule has 5 heteroatoms. The number of aromatic nitrogens is 2. The van der Waals surface area contributed by atoms with E-state index in [1.54, 1.807) is 12.1 Å². The Labute approximate surface area is 97.5 Å². The van der Waals surface area contributed by atoms with Crippen LogP contribution < -0.4 is 5.32 Å². The summed E-state index contributed by atoms with van der Waals surface area (Å²) >= 11 is 1.34. The molecule has 0 unspecified atom stereocenters. The summed E-state index contributed by atoms with van der Waals surface area (Å²) < 4.78 is 16.9. The van der Waals surface area contributed by atoms with Crippen LogP contribution in [0.1, 0.15) is 11.4 Å². The second-order valence-corrected chi connectivity index (χ2v) is 4.21. The Morgan fingerprint density at radius 3 is 3.00 bits per heavy atom. The highest BCUT2D eigenvalue weighted by Gasteiger charge is 1.99. The fourth-order valence-electron chi connectivity index (χ4n) is 1.38. The summed E-state index contributed by atoms with van der Waals surface area (Å²) in [6.45, 7) is 2.59. The van der Waals surface area contributed by atoms with Crippen LogP contribution in [0.2, 0.25) is 0 Å². The highest BCUT2D eigenvalue weighted by atomic mass is 32.1. The van der Waals surface area contributed by atoms with Gasteiger partial charge in [0.15, 0.2) is 0 Å². The Kier molecular flexibility index (Phi) is 3.46. The molecule has 0 aliphatic rings. The Morgan fingerprint density at radius 2 is 2.31 bits per heavy atom. The maximum atomic E-state index is 12.9. The molecule has 1 aromatic carbocycles. The van der Waals surface area contributed by atoms with E-state index in [-0.39, 0.29) is 5.82 Å². The van der Waals surface area contributed by atoms with Gasteiger partial charge in [0, 0.05) is 18.1 Å². The van der Waals surface area contributed by atoms with Gasteiger partial charge in [-0.25, -0.2) is 9.37 Å². The molecule has 0 aliphatic carbocycles. The summed E-state index contributed by atoms with van der Waals surface area (Å²) in [5.41, 5.74) is 0.980. The Bertz CT molecular complexity index is 470. The van der Waals surface area contributed by atoms with Crippen molar-refractivity contribution in [2.75, 3.05) is 11.9 Å². The van der Waals surface area contributed by atoms with Crippen molar-refractivity contribution in [3.05, 3.63) is 41.5 Å². The van der Waals surface area contributed by atoms with Crippen molar-refractivity contribution in [3.8, 4) is 0 Å². The van der Waals surface area contributed by atoms with Crippen molar-refractivity contribution in [3.63, 3.8) is 0 Å². The van der Waals surface area contributed by atoms with Crippen LogP contribution in [0.5, 0.6) is 0 Å². The molecule has 2 rings (SSSR count). The summed E-state index contributed by atoms with van der Waals surface area (Å²) in [6.07, 6.45) is 0.774. The van der Waals surface area contributed by atoms with Crippen molar-refractivity contribution in [1.29, 1.82) is 0 Å². The second-order valence-electron chi connectivity index (χ2n) is 3.45. The van der Waals surface area contributed by atoms with Gasteiger partial charge in [-0.1, -0.05) is 12.1 Å². The number of nitrogens with zero attached hydrogens (tertiary/aromatic N) is 2. The molecule has 1 aromatic heterocycles. The first-order valence-corrected chi connectivity index (χ1v) is 5.80. The highest BCUT2D eigenvalue weighted by molar-refractivity contribution is 7.09. The van der Waals surface area contributed by atoms with E-state index in [4.69, 9.17) is 0 Å². The third-order valence-electron chi connectivity index (χ3n) is 2.11. The predicted octanol–water partition coefficient (Wildman–Crippen LogP) is 2.64. The molecule has 1 heterocycles. The number of hydrogen-bond donors (Lipinski definition) is 1. The largest absolute Gasteiger partial charge is 0.360 e. The van der Waals surface area contributed by atoms with Crippen molar-refractivity contribution in [2.45, 2.75) is 13.3 Å². The van der Waals surface area contributed by atoms with E-state index in [0.717, 1.165) is 29.5 Å². The van der Waals surface area contributed by atoms with E-state index in [1.807, 2.05) is 13.0 Å². The Hall–Kier alpha value is -1.49. The molecule has 0 fully saturated rings. The van der Waals surface area contributed by atoms with Gasteiger partial charge in [-0.2, -0.15) is 4.37 Å². The van der Waals surface area contributed by atoms with Gasteiger partial charge < -0.3 is 5.32 Å². The van der Waals surface area contributed by atoms with E-state index in [9.17, 15) is 4.39 Å². The number of rotatable bonds is 4. The molecule has 0 saturated heterocycles. The third kappa shape index (κ3) is 3.00. The lowest BCUT2D eigenvalue weighted by molar-refractivity contribution is 0.625. The van der Waals surface area contributed by atoms with Gasteiger partial charge in [0.1, 0.15) is 11.6 Å². The molecule has 84 valence electrons. The van der Waals surface area contributed by atoms with Crippen LogP contribution in [0, 0.1) is 12.7 Å². The summed E-state index contributed by atoms with van der Waals surface area (Å²) in [6, 6.07) is 6.63. The smallest absolute Gasteiger partial charge is 0.202 e. The van der Waals surface area contributed by atoms with Crippen molar-refractivity contribution in [2.24, 2.45) is 0 Å². The van der Waals surface area contributed by atoms with Gasteiger partial charge in [-0.15, -0.1) is 0 Å². The first-order chi connectivity index (χ1) is 7.74. The maximum Gasteiger partial charge on any atom is 0.202 e. The quantitative estimate of drug-likeness (QED) is 0.888.